The van der Waals surface area contributed by atoms with Crippen LogP contribution in [0.5, 0.6) is 0 Å². The number of nitrogens with one attached hydrogen (secondary N) is 2. The molecule has 2 rings (SSSR count). The van der Waals surface area contributed by atoms with E-state index in [1.807, 2.05) is 37.0 Å². The average molecular weight is 246 g/mol. The number of aromatic nitrogens is 4. The van der Waals surface area contributed by atoms with Crippen LogP contribution in [-0.4, -0.2) is 32.8 Å². The van der Waals surface area contributed by atoms with Crippen molar-refractivity contribution in [3.8, 4) is 0 Å². The predicted octanol–water partition coefficient (Wildman–Crippen LogP) is 1.30. The summed E-state index contributed by atoms with van der Waals surface area (Å²) < 4.78 is 1.88. The molecule has 2 N–H and O–H groups in total. The smallest absolute Gasteiger partial charge is 0.224 e. The summed E-state index contributed by atoms with van der Waals surface area (Å²) in [6.07, 6.45) is 4.47. The van der Waals surface area contributed by atoms with Crippen LogP contribution in [0.25, 0.3) is 0 Å². The first-order valence-electron chi connectivity index (χ1n) is 6.07. The monoisotopic (exact) mass is 246 g/mol. The number of anilines is 2. The molecule has 6 heteroatoms. The van der Waals surface area contributed by atoms with Gasteiger partial charge in [0.25, 0.3) is 0 Å². The van der Waals surface area contributed by atoms with E-state index in [-0.39, 0.29) is 0 Å². The van der Waals surface area contributed by atoms with Crippen LogP contribution in [0.15, 0.2) is 24.5 Å². The summed E-state index contributed by atoms with van der Waals surface area (Å²) >= 11 is 0. The fourth-order valence-corrected chi connectivity index (χ4v) is 1.67. The van der Waals surface area contributed by atoms with Gasteiger partial charge in [-0.15, -0.1) is 0 Å². The number of aryl methyl sites for hydroxylation is 1. The maximum atomic E-state index is 4.35. The summed E-state index contributed by atoms with van der Waals surface area (Å²) in [4.78, 5) is 8.47. The lowest BCUT2D eigenvalue weighted by Crippen LogP contribution is -2.10. The van der Waals surface area contributed by atoms with Gasteiger partial charge in [-0.1, -0.05) is 0 Å². The molecule has 2 heterocycles. The third-order valence-electron chi connectivity index (χ3n) is 2.60. The highest BCUT2D eigenvalue weighted by Crippen LogP contribution is 2.06. The Morgan fingerprint density at radius 1 is 1.22 bits per heavy atom. The van der Waals surface area contributed by atoms with E-state index in [2.05, 4.69) is 25.7 Å². The molecule has 0 fully saturated rings. The minimum Gasteiger partial charge on any atom is -0.370 e. The van der Waals surface area contributed by atoms with Crippen molar-refractivity contribution in [1.29, 1.82) is 0 Å². The molecule has 0 amide bonds. The Morgan fingerprint density at radius 3 is 2.83 bits per heavy atom. The largest absolute Gasteiger partial charge is 0.370 e. The highest BCUT2D eigenvalue weighted by Gasteiger charge is 2.00. The number of hydrogen-bond donors (Lipinski definition) is 2. The highest BCUT2D eigenvalue weighted by atomic mass is 15.3. The average Bonchev–Trinajstić information content (AvgIpc) is 2.76. The van der Waals surface area contributed by atoms with Gasteiger partial charge in [-0.25, -0.2) is 4.98 Å². The van der Waals surface area contributed by atoms with Gasteiger partial charge in [-0.3, -0.25) is 4.68 Å². The molecular weight excluding hydrogens is 228 g/mol. The minimum absolute atomic E-state index is 0.656. The van der Waals surface area contributed by atoms with E-state index in [1.165, 1.54) is 5.69 Å². The standard InChI is InChI=1S/C12H18N6/c1-3-13-12-15-8-6-11(17-12)14-7-4-10-5-9-16-18(10)2/h5-6,8-9H,3-4,7H2,1-2H3,(H2,13,14,15,17). The second-order valence-electron chi connectivity index (χ2n) is 3.92. The molecule has 0 saturated carbocycles. The van der Waals surface area contributed by atoms with Crippen LogP contribution >= 0.6 is 0 Å². The molecule has 2 aromatic rings. The van der Waals surface area contributed by atoms with Crippen LogP contribution in [0, 0.1) is 0 Å². The van der Waals surface area contributed by atoms with Crippen molar-refractivity contribution in [3.05, 3.63) is 30.2 Å². The molecule has 0 unspecified atom stereocenters. The lowest BCUT2D eigenvalue weighted by molar-refractivity contribution is 0.711. The van der Waals surface area contributed by atoms with Crippen molar-refractivity contribution in [2.75, 3.05) is 23.7 Å². The minimum atomic E-state index is 0.656. The van der Waals surface area contributed by atoms with E-state index in [0.29, 0.717) is 5.95 Å². The quantitative estimate of drug-likeness (QED) is 0.804. The molecule has 0 aromatic carbocycles. The van der Waals surface area contributed by atoms with Gasteiger partial charge in [0.15, 0.2) is 0 Å². The molecule has 6 nitrogen and oxygen atoms in total. The Labute approximate surface area is 106 Å². The lowest BCUT2D eigenvalue weighted by Gasteiger charge is -2.07. The maximum absolute atomic E-state index is 4.35. The zero-order valence-corrected chi connectivity index (χ0v) is 10.7. The van der Waals surface area contributed by atoms with Gasteiger partial charge in [-0.2, -0.15) is 10.1 Å². The van der Waals surface area contributed by atoms with E-state index in [0.717, 1.165) is 25.3 Å². The van der Waals surface area contributed by atoms with E-state index >= 15 is 0 Å². The zero-order valence-electron chi connectivity index (χ0n) is 10.7. The Bertz CT molecular complexity index is 493. The summed E-state index contributed by atoms with van der Waals surface area (Å²) in [7, 11) is 1.95. The van der Waals surface area contributed by atoms with E-state index in [4.69, 9.17) is 0 Å². The van der Waals surface area contributed by atoms with Crippen LogP contribution in [-0.2, 0) is 13.5 Å². The highest BCUT2D eigenvalue weighted by molar-refractivity contribution is 5.39. The Hall–Kier alpha value is -2.11. The lowest BCUT2D eigenvalue weighted by atomic mass is 10.3. The van der Waals surface area contributed by atoms with Gasteiger partial charge in [0.1, 0.15) is 5.82 Å². The Balaban J connectivity index is 1.86. The molecule has 18 heavy (non-hydrogen) atoms. The van der Waals surface area contributed by atoms with E-state index in [9.17, 15) is 0 Å². The molecule has 0 bridgehead atoms. The van der Waals surface area contributed by atoms with Gasteiger partial charge in [0.2, 0.25) is 5.95 Å². The van der Waals surface area contributed by atoms with E-state index in [1.54, 1.807) is 6.20 Å². The zero-order chi connectivity index (χ0) is 12.8. The molecule has 2 aromatic heterocycles. The molecule has 0 aliphatic carbocycles. The molecule has 0 radical (unpaired) electrons. The third-order valence-corrected chi connectivity index (χ3v) is 2.60. The summed E-state index contributed by atoms with van der Waals surface area (Å²) in [5, 5.41) is 10.5. The predicted molar refractivity (Wildman–Crippen MR) is 71.6 cm³/mol. The molecular formula is C12H18N6. The SMILES string of the molecule is CCNc1nccc(NCCc2ccnn2C)n1. The molecule has 96 valence electrons. The van der Waals surface area contributed by atoms with E-state index < -0.39 is 0 Å². The Kier molecular flexibility index (Phi) is 4.11. The number of hydrogen-bond acceptors (Lipinski definition) is 5. The first-order chi connectivity index (χ1) is 8.79. The van der Waals surface area contributed by atoms with Gasteiger partial charge in [-0.05, 0) is 19.1 Å². The number of nitrogens with zero attached hydrogens (tertiary/aromatic N) is 4. The molecule has 0 aliphatic heterocycles. The van der Waals surface area contributed by atoms with Crippen LogP contribution in [0.3, 0.4) is 0 Å². The van der Waals surface area contributed by atoms with Crippen LogP contribution in [0.1, 0.15) is 12.6 Å². The molecule has 0 spiro atoms. The normalized spacial score (nSPS) is 10.3. The van der Waals surface area contributed by atoms with Crippen molar-refractivity contribution in [2.24, 2.45) is 7.05 Å². The van der Waals surface area contributed by atoms with Crippen LogP contribution in [0.2, 0.25) is 0 Å². The maximum Gasteiger partial charge on any atom is 0.224 e. The van der Waals surface area contributed by atoms with Crippen LogP contribution < -0.4 is 10.6 Å². The van der Waals surface area contributed by atoms with Crippen molar-refractivity contribution < 1.29 is 0 Å². The second kappa shape index (κ2) is 6.00. The van der Waals surface area contributed by atoms with Gasteiger partial charge >= 0.3 is 0 Å². The summed E-state index contributed by atoms with van der Waals surface area (Å²) in [5.74, 6) is 1.49. The Morgan fingerprint density at radius 2 is 2.11 bits per heavy atom. The fraction of sp³-hybridized carbons (Fsp3) is 0.417. The summed E-state index contributed by atoms with van der Waals surface area (Å²) in [6.45, 7) is 3.66. The third kappa shape index (κ3) is 3.19. The first-order valence-corrected chi connectivity index (χ1v) is 6.07. The number of rotatable bonds is 6. The topological polar surface area (TPSA) is 67.7 Å². The van der Waals surface area contributed by atoms with Crippen LogP contribution in [0.4, 0.5) is 11.8 Å². The van der Waals surface area contributed by atoms with Gasteiger partial charge in [0.05, 0.1) is 0 Å². The van der Waals surface area contributed by atoms with Gasteiger partial charge < -0.3 is 10.6 Å². The van der Waals surface area contributed by atoms with Crippen molar-refractivity contribution in [1.82, 2.24) is 19.7 Å². The molecule has 0 atom stereocenters. The molecule has 0 saturated heterocycles. The van der Waals surface area contributed by atoms with Crippen molar-refractivity contribution >= 4 is 11.8 Å². The second-order valence-corrected chi connectivity index (χ2v) is 3.92. The first kappa shape index (κ1) is 12.3. The fourth-order valence-electron chi connectivity index (χ4n) is 1.67. The van der Waals surface area contributed by atoms with Crippen molar-refractivity contribution in [3.63, 3.8) is 0 Å². The van der Waals surface area contributed by atoms with Gasteiger partial charge in [0, 0.05) is 44.6 Å². The summed E-state index contributed by atoms with van der Waals surface area (Å²) in [6, 6.07) is 3.88. The summed E-state index contributed by atoms with van der Waals surface area (Å²) in [5.41, 5.74) is 1.20. The molecule has 0 aliphatic rings. The van der Waals surface area contributed by atoms with Crippen molar-refractivity contribution in [2.45, 2.75) is 13.3 Å².